The minimum absolute atomic E-state index is 0.0493. The first kappa shape index (κ1) is 21.9. The SMILES string of the molecule is C[C@@]1(C(=O)O)c2ccccc2C(=O)N(c2cccc(C(F)(F)F)c2)[C@@H]1c1ccc(Cl)cc1. The van der Waals surface area contributed by atoms with E-state index in [0.29, 0.717) is 16.1 Å². The van der Waals surface area contributed by atoms with Crippen LogP contribution in [0.3, 0.4) is 0 Å². The number of amides is 1. The average molecular weight is 460 g/mol. The molecule has 1 heterocycles. The van der Waals surface area contributed by atoms with Crippen LogP contribution in [0, 0.1) is 0 Å². The Bertz CT molecular complexity index is 1210. The molecule has 4 nitrogen and oxygen atoms in total. The first-order valence-corrected chi connectivity index (χ1v) is 10.0. The molecule has 3 aromatic carbocycles. The summed E-state index contributed by atoms with van der Waals surface area (Å²) in [5.74, 6) is -1.80. The van der Waals surface area contributed by atoms with Gasteiger partial charge in [0, 0.05) is 16.3 Å². The number of carbonyl (C=O) groups is 2. The molecule has 0 saturated heterocycles. The maximum atomic E-state index is 13.6. The highest BCUT2D eigenvalue weighted by molar-refractivity contribution is 6.30. The Labute approximate surface area is 186 Å². The predicted molar refractivity (Wildman–Crippen MR) is 114 cm³/mol. The minimum atomic E-state index is -4.63. The van der Waals surface area contributed by atoms with E-state index in [4.69, 9.17) is 11.6 Å². The van der Waals surface area contributed by atoms with E-state index in [1.165, 1.54) is 25.1 Å². The van der Waals surface area contributed by atoms with Gasteiger partial charge in [0.15, 0.2) is 0 Å². The summed E-state index contributed by atoms with van der Waals surface area (Å²) >= 11 is 6.00. The Balaban J connectivity index is 2.03. The normalized spacial score (nSPS) is 20.7. The van der Waals surface area contributed by atoms with E-state index in [9.17, 15) is 27.9 Å². The number of alkyl halides is 3. The Morgan fingerprint density at radius 2 is 1.69 bits per heavy atom. The van der Waals surface area contributed by atoms with Crippen molar-refractivity contribution in [2.24, 2.45) is 0 Å². The summed E-state index contributed by atoms with van der Waals surface area (Å²) in [6.45, 7) is 1.47. The molecule has 8 heteroatoms. The fourth-order valence-corrected chi connectivity index (χ4v) is 4.36. The zero-order valence-electron chi connectivity index (χ0n) is 16.7. The van der Waals surface area contributed by atoms with Gasteiger partial charge < -0.3 is 5.11 Å². The molecule has 0 saturated carbocycles. The molecule has 4 rings (SSSR count). The fourth-order valence-electron chi connectivity index (χ4n) is 4.23. The predicted octanol–water partition coefficient (Wildman–Crippen LogP) is 6.10. The second-order valence-corrected chi connectivity index (χ2v) is 8.17. The van der Waals surface area contributed by atoms with Gasteiger partial charge in [0.2, 0.25) is 0 Å². The number of carboxylic acid groups (broad SMARTS) is 1. The third-order valence-corrected chi connectivity index (χ3v) is 6.07. The monoisotopic (exact) mass is 459 g/mol. The molecular formula is C24H17ClF3NO3. The van der Waals surface area contributed by atoms with Crippen molar-refractivity contribution < 1.29 is 27.9 Å². The number of aliphatic carboxylic acids is 1. The molecule has 0 bridgehead atoms. The number of hydrogen-bond donors (Lipinski definition) is 1. The van der Waals surface area contributed by atoms with Crippen LogP contribution in [0.15, 0.2) is 72.8 Å². The van der Waals surface area contributed by atoms with Crippen LogP contribution < -0.4 is 4.90 Å². The molecular weight excluding hydrogens is 443 g/mol. The third kappa shape index (κ3) is 3.42. The second kappa shape index (κ2) is 7.67. The maximum Gasteiger partial charge on any atom is 0.416 e. The van der Waals surface area contributed by atoms with Crippen molar-refractivity contribution in [3.05, 3.63) is 100 Å². The number of hydrogen-bond acceptors (Lipinski definition) is 2. The van der Waals surface area contributed by atoms with Gasteiger partial charge in [-0.2, -0.15) is 13.2 Å². The summed E-state index contributed by atoms with van der Waals surface area (Å²) in [6.07, 6.45) is -4.63. The van der Waals surface area contributed by atoms with Crippen molar-refractivity contribution in [1.82, 2.24) is 0 Å². The van der Waals surface area contributed by atoms with Crippen molar-refractivity contribution in [3.8, 4) is 0 Å². The summed E-state index contributed by atoms with van der Waals surface area (Å²) < 4.78 is 40.2. The molecule has 0 aliphatic carbocycles. The number of rotatable bonds is 3. The molecule has 0 unspecified atom stereocenters. The number of anilines is 1. The van der Waals surface area contributed by atoms with E-state index in [0.717, 1.165) is 17.0 Å². The molecule has 32 heavy (non-hydrogen) atoms. The van der Waals surface area contributed by atoms with Crippen LogP contribution in [-0.2, 0) is 16.4 Å². The van der Waals surface area contributed by atoms with Crippen LogP contribution in [0.4, 0.5) is 18.9 Å². The van der Waals surface area contributed by atoms with Crippen LogP contribution in [0.1, 0.15) is 40.0 Å². The van der Waals surface area contributed by atoms with Gasteiger partial charge in [-0.3, -0.25) is 14.5 Å². The van der Waals surface area contributed by atoms with Crippen LogP contribution in [0.2, 0.25) is 5.02 Å². The number of halogens is 4. The first-order chi connectivity index (χ1) is 15.0. The van der Waals surface area contributed by atoms with Crippen molar-refractivity contribution in [2.45, 2.75) is 24.6 Å². The van der Waals surface area contributed by atoms with Crippen molar-refractivity contribution >= 4 is 29.2 Å². The van der Waals surface area contributed by atoms with Crippen molar-refractivity contribution in [2.75, 3.05) is 4.90 Å². The Hall–Kier alpha value is -3.32. The molecule has 2 atom stereocenters. The van der Waals surface area contributed by atoms with E-state index < -0.39 is 35.1 Å². The van der Waals surface area contributed by atoms with Gasteiger partial charge in [-0.25, -0.2) is 0 Å². The van der Waals surface area contributed by atoms with E-state index in [2.05, 4.69) is 0 Å². The minimum Gasteiger partial charge on any atom is -0.481 e. The second-order valence-electron chi connectivity index (χ2n) is 7.73. The van der Waals surface area contributed by atoms with Crippen LogP contribution in [0.5, 0.6) is 0 Å². The average Bonchev–Trinajstić information content (AvgIpc) is 2.76. The van der Waals surface area contributed by atoms with Gasteiger partial charge in [0.05, 0.1) is 11.6 Å². The van der Waals surface area contributed by atoms with E-state index >= 15 is 0 Å². The summed E-state index contributed by atoms with van der Waals surface area (Å²) in [5, 5.41) is 10.7. The largest absolute Gasteiger partial charge is 0.481 e. The fraction of sp³-hybridized carbons (Fsp3) is 0.167. The lowest BCUT2D eigenvalue weighted by molar-refractivity contribution is -0.144. The highest BCUT2D eigenvalue weighted by atomic mass is 35.5. The van der Waals surface area contributed by atoms with E-state index in [1.807, 2.05) is 0 Å². The topological polar surface area (TPSA) is 57.6 Å². The standard InChI is InChI=1S/C24H17ClF3NO3/c1-23(22(31)32)19-8-3-2-7-18(19)21(30)29(20(23)14-9-11-16(25)12-10-14)17-6-4-5-15(13-17)24(26,27)28/h2-13,20H,1H3,(H,31,32)/t20-,23-/m1/s1. The summed E-state index contributed by atoms with van der Waals surface area (Å²) in [4.78, 5) is 27.4. The Kier molecular flexibility index (Phi) is 5.25. The lowest BCUT2D eigenvalue weighted by Gasteiger charge is -2.46. The van der Waals surface area contributed by atoms with Gasteiger partial charge in [0.25, 0.3) is 5.91 Å². The lowest BCUT2D eigenvalue weighted by atomic mass is 9.68. The van der Waals surface area contributed by atoms with Gasteiger partial charge in [-0.1, -0.05) is 48.0 Å². The number of nitrogens with zero attached hydrogens (tertiary/aromatic N) is 1. The van der Waals surface area contributed by atoms with Gasteiger partial charge in [-0.05, 0) is 54.4 Å². The Morgan fingerprint density at radius 3 is 2.31 bits per heavy atom. The highest BCUT2D eigenvalue weighted by Crippen LogP contribution is 2.49. The van der Waals surface area contributed by atoms with Crippen LogP contribution in [0.25, 0.3) is 0 Å². The molecule has 1 aliphatic heterocycles. The van der Waals surface area contributed by atoms with Crippen LogP contribution >= 0.6 is 11.6 Å². The Morgan fingerprint density at radius 1 is 1.03 bits per heavy atom. The van der Waals surface area contributed by atoms with Crippen LogP contribution in [-0.4, -0.2) is 17.0 Å². The zero-order valence-corrected chi connectivity index (χ0v) is 17.5. The maximum absolute atomic E-state index is 13.6. The molecule has 0 spiro atoms. The number of fused-ring (bicyclic) bond motifs is 1. The molecule has 3 aromatic rings. The smallest absolute Gasteiger partial charge is 0.416 e. The summed E-state index contributed by atoms with van der Waals surface area (Å²) in [6, 6.07) is 15.7. The zero-order chi connectivity index (χ0) is 23.3. The van der Waals surface area contributed by atoms with Crippen molar-refractivity contribution in [1.29, 1.82) is 0 Å². The van der Waals surface area contributed by atoms with Gasteiger partial charge >= 0.3 is 12.1 Å². The first-order valence-electron chi connectivity index (χ1n) is 9.64. The molecule has 164 valence electrons. The van der Waals surface area contributed by atoms with E-state index in [1.54, 1.807) is 42.5 Å². The number of carbonyl (C=O) groups excluding carboxylic acids is 1. The molecule has 0 aromatic heterocycles. The molecule has 1 N–H and O–H groups in total. The third-order valence-electron chi connectivity index (χ3n) is 5.82. The number of carboxylic acids is 1. The lowest BCUT2D eigenvalue weighted by Crippen LogP contribution is -2.54. The number of benzene rings is 3. The molecule has 1 amide bonds. The van der Waals surface area contributed by atoms with Gasteiger partial charge in [0.1, 0.15) is 5.41 Å². The summed E-state index contributed by atoms with van der Waals surface area (Å²) in [7, 11) is 0. The van der Waals surface area contributed by atoms with Gasteiger partial charge in [-0.15, -0.1) is 0 Å². The summed E-state index contributed by atoms with van der Waals surface area (Å²) in [5.41, 5.74) is -1.78. The molecule has 0 radical (unpaired) electrons. The quantitative estimate of drug-likeness (QED) is 0.514. The highest BCUT2D eigenvalue weighted by Gasteiger charge is 2.54. The molecule has 1 aliphatic rings. The van der Waals surface area contributed by atoms with Crippen molar-refractivity contribution in [3.63, 3.8) is 0 Å². The van der Waals surface area contributed by atoms with E-state index in [-0.39, 0.29) is 11.3 Å². The molecule has 0 fully saturated rings.